The van der Waals surface area contributed by atoms with Gasteiger partial charge in [0.15, 0.2) is 0 Å². The zero-order valence-corrected chi connectivity index (χ0v) is 17.7. The quantitative estimate of drug-likeness (QED) is 0.403. The summed E-state index contributed by atoms with van der Waals surface area (Å²) in [6, 6.07) is 15.2. The van der Waals surface area contributed by atoms with Gasteiger partial charge in [-0.2, -0.15) is 0 Å². The molecule has 1 unspecified atom stereocenters. The molecule has 0 radical (unpaired) electrons. The fourth-order valence-electron chi connectivity index (χ4n) is 2.74. The van der Waals surface area contributed by atoms with E-state index < -0.39 is 0 Å². The maximum Gasteiger partial charge on any atom is 0.276 e. The van der Waals surface area contributed by atoms with Gasteiger partial charge in [-0.25, -0.2) is 0 Å². The summed E-state index contributed by atoms with van der Waals surface area (Å²) in [7, 11) is 0. The fraction of sp³-hybridized carbons (Fsp3) is 0.318. The highest BCUT2D eigenvalue weighted by molar-refractivity contribution is 7.98. The Morgan fingerprint density at radius 1 is 1.14 bits per heavy atom. The number of hydrogen-bond donors (Lipinski definition) is 1. The summed E-state index contributed by atoms with van der Waals surface area (Å²) in [5, 5.41) is 11.3. The number of benzene rings is 2. The van der Waals surface area contributed by atoms with Gasteiger partial charge in [0, 0.05) is 11.1 Å². The number of aromatic nitrogens is 2. The van der Waals surface area contributed by atoms with Crippen LogP contribution in [0.3, 0.4) is 0 Å². The zero-order chi connectivity index (χ0) is 20.6. The topological polar surface area (TPSA) is 77.2 Å². The summed E-state index contributed by atoms with van der Waals surface area (Å²) in [4.78, 5) is 12.2. The fourth-order valence-corrected chi connectivity index (χ4v) is 3.02. The number of carbonyl (C=O) groups is 1. The third kappa shape index (κ3) is 5.60. The molecule has 2 aromatic carbocycles. The first-order valence-corrected chi connectivity index (χ1v) is 10.8. The van der Waals surface area contributed by atoms with Crippen molar-refractivity contribution < 1.29 is 13.9 Å². The number of carbonyl (C=O) groups excluding carboxylic acids is 1. The molecule has 0 saturated heterocycles. The number of hydrogen-bond acceptors (Lipinski definition) is 6. The lowest BCUT2D eigenvalue weighted by Gasteiger charge is -2.10. The average molecular weight is 412 g/mol. The van der Waals surface area contributed by atoms with E-state index in [9.17, 15) is 4.79 Å². The minimum Gasteiger partial charge on any atom is -0.492 e. The van der Waals surface area contributed by atoms with Gasteiger partial charge in [0.05, 0.1) is 6.54 Å². The Balaban J connectivity index is 1.44. The van der Waals surface area contributed by atoms with Gasteiger partial charge in [0.25, 0.3) is 11.1 Å². The third-order valence-electron chi connectivity index (χ3n) is 4.69. The standard InChI is InChI=1S/C22H25N3O3S/c1-4-15(2)16-5-7-17(8-6-16)20(26)23-13-14-27-19-11-9-18(10-12-19)21-24-25-22(28-21)29-3/h5-12,15H,4,13-14H2,1-3H3,(H,23,26). The Hall–Kier alpha value is -2.80. The van der Waals surface area contributed by atoms with E-state index in [1.165, 1.54) is 17.3 Å². The van der Waals surface area contributed by atoms with Crippen molar-refractivity contribution in [3.05, 3.63) is 59.7 Å². The minimum atomic E-state index is -0.0966. The highest BCUT2D eigenvalue weighted by atomic mass is 32.2. The van der Waals surface area contributed by atoms with Crippen LogP contribution in [0, 0.1) is 0 Å². The second-order valence-electron chi connectivity index (χ2n) is 6.64. The molecule has 1 aromatic heterocycles. The van der Waals surface area contributed by atoms with Gasteiger partial charge in [-0.05, 0) is 60.6 Å². The molecule has 1 N–H and O–H groups in total. The Kier molecular flexibility index (Phi) is 7.30. The Bertz CT molecular complexity index is 923. The molecule has 1 atom stereocenters. The van der Waals surface area contributed by atoms with Crippen molar-refractivity contribution in [1.82, 2.24) is 15.5 Å². The largest absolute Gasteiger partial charge is 0.492 e. The number of nitrogens with zero attached hydrogens (tertiary/aromatic N) is 2. The number of ether oxygens (including phenoxy) is 1. The van der Waals surface area contributed by atoms with Crippen LogP contribution in [0.15, 0.2) is 58.2 Å². The summed E-state index contributed by atoms with van der Waals surface area (Å²) in [5.74, 6) is 1.60. The van der Waals surface area contributed by atoms with Crippen molar-refractivity contribution in [1.29, 1.82) is 0 Å². The first-order valence-electron chi connectivity index (χ1n) is 9.59. The Labute approximate surface area is 175 Å². The van der Waals surface area contributed by atoms with Crippen LogP contribution in [-0.2, 0) is 0 Å². The van der Waals surface area contributed by atoms with E-state index in [1.54, 1.807) is 0 Å². The van der Waals surface area contributed by atoms with Gasteiger partial charge in [-0.15, -0.1) is 10.2 Å². The zero-order valence-electron chi connectivity index (χ0n) is 16.8. The molecule has 0 fully saturated rings. The molecule has 3 rings (SSSR count). The van der Waals surface area contributed by atoms with Crippen LogP contribution in [0.1, 0.15) is 42.1 Å². The summed E-state index contributed by atoms with van der Waals surface area (Å²) in [6.07, 6.45) is 2.96. The van der Waals surface area contributed by atoms with Gasteiger partial charge >= 0.3 is 0 Å². The van der Waals surface area contributed by atoms with Gasteiger partial charge in [-0.3, -0.25) is 4.79 Å². The van der Waals surface area contributed by atoms with E-state index in [2.05, 4.69) is 29.4 Å². The molecule has 0 spiro atoms. The van der Waals surface area contributed by atoms with E-state index in [1.807, 2.05) is 54.8 Å². The van der Waals surface area contributed by atoms with E-state index in [-0.39, 0.29) is 5.91 Å². The first kappa shape index (κ1) is 20.9. The van der Waals surface area contributed by atoms with Gasteiger partial charge in [-0.1, -0.05) is 37.7 Å². The van der Waals surface area contributed by atoms with Gasteiger partial charge in [0.1, 0.15) is 12.4 Å². The molecule has 1 heterocycles. The maximum absolute atomic E-state index is 12.2. The van der Waals surface area contributed by atoms with Crippen LogP contribution in [0.25, 0.3) is 11.5 Å². The lowest BCUT2D eigenvalue weighted by atomic mass is 9.97. The summed E-state index contributed by atoms with van der Waals surface area (Å²) < 4.78 is 11.2. The van der Waals surface area contributed by atoms with Crippen molar-refractivity contribution >= 4 is 17.7 Å². The molecule has 0 aliphatic carbocycles. The molecule has 7 heteroatoms. The molecule has 6 nitrogen and oxygen atoms in total. The normalized spacial score (nSPS) is 11.8. The highest BCUT2D eigenvalue weighted by Gasteiger charge is 2.09. The van der Waals surface area contributed by atoms with Gasteiger partial charge < -0.3 is 14.5 Å². The van der Waals surface area contributed by atoms with E-state index in [4.69, 9.17) is 9.15 Å². The van der Waals surface area contributed by atoms with E-state index in [0.29, 0.717) is 41.5 Å². The minimum absolute atomic E-state index is 0.0966. The molecule has 3 aromatic rings. The van der Waals surface area contributed by atoms with E-state index in [0.717, 1.165) is 12.0 Å². The predicted octanol–water partition coefficient (Wildman–Crippen LogP) is 4.78. The number of thioether (sulfide) groups is 1. The van der Waals surface area contributed by atoms with Crippen molar-refractivity contribution in [2.75, 3.05) is 19.4 Å². The second-order valence-corrected chi connectivity index (χ2v) is 7.39. The van der Waals surface area contributed by atoms with Crippen LogP contribution in [0.5, 0.6) is 5.75 Å². The molecule has 0 aliphatic rings. The van der Waals surface area contributed by atoms with Crippen molar-refractivity contribution in [3.8, 4) is 17.2 Å². The predicted molar refractivity (Wildman–Crippen MR) is 114 cm³/mol. The van der Waals surface area contributed by atoms with Crippen LogP contribution in [-0.4, -0.2) is 35.5 Å². The van der Waals surface area contributed by atoms with Gasteiger partial charge in [0.2, 0.25) is 5.89 Å². The molecular formula is C22H25N3O3S. The lowest BCUT2D eigenvalue weighted by Crippen LogP contribution is -2.28. The maximum atomic E-state index is 12.2. The summed E-state index contributed by atoms with van der Waals surface area (Å²) in [5.41, 5.74) is 2.74. The van der Waals surface area contributed by atoms with Crippen molar-refractivity contribution in [2.45, 2.75) is 31.4 Å². The molecule has 0 aliphatic heterocycles. The third-order valence-corrected chi connectivity index (χ3v) is 5.21. The number of rotatable bonds is 9. The molecule has 0 saturated carbocycles. The molecular weight excluding hydrogens is 386 g/mol. The van der Waals surface area contributed by atoms with Crippen LogP contribution in [0.4, 0.5) is 0 Å². The lowest BCUT2D eigenvalue weighted by molar-refractivity contribution is 0.0947. The highest BCUT2D eigenvalue weighted by Crippen LogP contribution is 2.24. The van der Waals surface area contributed by atoms with Crippen LogP contribution >= 0.6 is 11.8 Å². The average Bonchev–Trinajstić information content (AvgIpc) is 3.26. The Morgan fingerprint density at radius 3 is 2.48 bits per heavy atom. The monoisotopic (exact) mass is 411 g/mol. The second kappa shape index (κ2) is 10.1. The summed E-state index contributed by atoms with van der Waals surface area (Å²) in [6.45, 7) is 5.15. The molecule has 0 bridgehead atoms. The molecule has 152 valence electrons. The van der Waals surface area contributed by atoms with Crippen LogP contribution < -0.4 is 10.1 Å². The molecule has 1 amide bonds. The Morgan fingerprint density at radius 2 is 1.86 bits per heavy atom. The number of nitrogens with one attached hydrogen (secondary N) is 1. The number of amides is 1. The first-order chi connectivity index (χ1) is 14.1. The molecule has 29 heavy (non-hydrogen) atoms. The van der Waals surface area contributed by atoms with Crippen molar-refractivity contribution in [3.63, 3.8) is 0 Å². The van der Waals surface area contributed by atoms with Crippen LogP contribution in [0.2, 0.25) is 0 Å². The summed E-state index contributed by atoms with van der Waals surface area (Å²) >= 11 is 1.40. The SMILES string of the molecule is CCC(C)c1ccc(C(=O)NCCOc2ccc(-c3nnc(SC)o3)cc2)cc1. The smallest absolute Gasteiger partial charge is 0.276 e. The van der Waals surface area contributed by atoms with E-state index >= 15 is 0 Å². The van der Waals surface area contributed by atoms with Crippen molar-refractivity contribution in [2.24, 2.45) is 0 Å².